The standard InChI is InChI=1S/C23H19N3O4S2/c1-2-28-18-6-4-3-5-16(18)22-24-15(11-31-22)10-21(27)26-23-25-17(12-32-23)14-7-8-19-20(9-14)30-13-29-19/h3-9,11-12H,2,10,13H2,1H3,(H,25,26,27). The van der Waals surface area contributed by atoms with E-state index in [4.69, 9.17) is 14.2 Å². The lowest BCUT2D eigenvalue weighted by atomic mass is 10.1. The molecule has 5 rings (SSSR count). The topological polar surface area (TPSA) is 82.6 Å². The molecule has 3 heterocycles. The number of amides is 1. The summed E-state index contributed by atoms with van der Waals surface area (Å²) in [6.45, 7) is 2.76. The average Bonchev–Trinajstić information content (AvgIpc) is 3.55. The van der Waals surface area contributed by atoms with E-state index in [1.165, 1.54) is 22.7 Å². The summed E-state index contributed by atoms with van der Waals surface area (Å²) in [6.07, 6.45) is 0.173. The van der Waals surface area contributed by atoms with E-state index in [9.17, 15) is 4.79 Å². The number of fused-ring (bicyclic) bond motifs is 1. The Bertz CT molecular complexity index is 1270. The summed E-state index contributed by atoms with van der Waals surface area (Å²) in [6, 6.07) is 13.5. The van der Waals surface area contributed by atoms with Crippen LogP contribution in [0.5, 0.6) is 17.2 Å². The first kappa shape index (κ1) is 20.5. The van der Waals surface area contributed by atoms with Crippen molar-refractivity contribution >= 4 is 33.7 Å². The summed E-state index contributed by atoms with van der Waals surface area (Å²) in [7, 11) is 0. The molecule has 162 valence electrons. The monoisotopic (exact) mass is 465 g/mol. The molecular formula is C23H19N3O4S2. The summed E-state index contributed by atoms with van der Waals surface area (Å²) in [5, 5.41) is 8.04. The molecule has 0 radical (unpaired) electrons. The minimum atomic E-state index is -0.161. The molecule has 0 unspecified atom stereocenters. The SMILES string of the molecule is CCOc1ccccc1-c1nc(CC(=O)Nc2nc(-c3ccc4c(c3)OCO4)cs2)cs1. The molecule has 9 heteroatoms. The molecule has 1 amide bonds. The van der Waals surface area contributed by atoms with E-state index in [1.807, 2.05) is 60.1 Å². The van der Waals surface area contributed by atoms with Gasteiger partial charge in [-0.2, -0.15) is 0 Å². The first-order chi connectivity index (χ1) is 15.7. The van der Waals surface area contributed by atoms with Crippen LogP contribution < -0.4 is 19.5 Å². The number of para-hydroxylation sites is 1. The number of ether oxygens (including phenoxy) is 3. The number of aromatic nitrogens is 2. The van der Waals surface area contributed by atoms with Crippen molar-refractivity contribution in [1.29, 1.82) is 0 Å². The lowest BCUT2D eigenvalue weighted by Crippen LogP contribution is -2.14. The molecule has 0 spiro atoms. The van der Waals surface area contributed by atoms with Crippen LogP contribution in [0, 0.1) is 0 Å². The van der Waals surface area contributed by atoms with Crippen molar-refractivity contribution < 1.29 is 19.0 Å². The van der Waals surface area contributed by atoms with Crippen LogP contribution in [0.2, 0.25) is 0 Å². The van der Waals surface area contributed by atoms with Crippen molar-refractivity contribution in [3.63, 3.8) is 0 Å². The molecular weight excluding hydrogens is 446 g/mol. The van der Waals surface area contributed by atoms with Crippen molar-refractivity contribution in [2.24, 2.45) is 0 Å². The van der Waals surface area contributed by atoms with Gasteiger partial charge in [-0.25, -0.2) is 9.97 Å². The molecule has 0 aliphatic carbocycles. The smallest absolute Gasteiger partial charge is 0.232 e. The summed E-state index contributed by atoms with van der Waals surface area (Å²) in [4.78, 5) is 21.7. The summed E-state index contributed by atoms with van der Waals surface area (Å²) >= 11 is 2.87. The number of hydrogen-bond acceptors (Lipinski definition) is 8. The Kier molecular flexibility index (Phi) is 5.74. The van der Waals surface area contributed by atoms with Gasteiger partial charge in [-0.15, -0.1) is 22.7 Å². The molecule has 0 bridgehead atoms. The van der Waals surface area contributed by atoms with Crippen LogP contribution in [0.1, 0.15) is 12.6 Å². The van der Waals surface area contributed by atoms with Crippen LogP contribution in [0.15, 0.2) is 53.2 Å². The lowest BCUT2D eigenvalue weighted by molar-refractivity contribution is -0.115. The minimum Gasteiger partial charge on any atom is -0.493 e. The van der Waals surface area contributed by atoms with Crippen molar-refractivity contribution in [1.82, 2.24) is 9.97 Å². The van der Waals surface area contributed by atoms with Crippen LogP contribution in [0.25, 0.3) is 21.8 Å². The number of benzene rings is 2. The summed E-state index contributed by atoms with van der Waals surface area (Å²) in [5.74, 6) is 2.06. The van der Waals surface area contributed by atoms with E-state index in [2.05, 4.69) is 15.3 Å². The highest BCUT2D eigenvalue weighted by Crippen LogP contribution is 2.36. The van der Waals surface area contributed by atoms with Crippen LogP contribution in [-0.4, -0.2) is 29.3 Å². The Hall–Kier alpha value is -3.43. The fourth-order valence-electron chi connectivity index (χ4n) is 3.28. The zero-order valence-electron chi connectivity index (χ0n) is 17.2. The predicted molar refractivity (Wildman–Crippen MR) is 125 cm³/mol. The summed E-state index contributed by atoms with van der Waals surface area (Å²) in [5.41, 5.74) is 3.32. The van der Waals surface area contributed by atoms with Crippen molar-refractivity contribution in [3.8, 4) is 39.1 Å². The summed E-state index contributed by atoms with van der Waals surface area (Å²) < 4.78 is 16.5. The van der Waals surface area contributed by atoms with Gasteiger partial charge in [0, 0.05) is 16.3 Å². The second-order valence-corrected chi connectivity index (χ2v) is 8.62. The van der Waals surface area contributed by atoms with Crippen molar-refractivity contribution in [2.45, 2.75) is 13.3 Å². The van der Waals surface area contributed by atoms with Crippen LogP contribution in [0.3, 0.4) is 0 Å². The Morgan fingerprint density at radius 3 is 2.88 bits per heavy atom. The van der Waals surface area contributed by atoms with Crippen molar-refractivity contribution in [3.05, 3.63) is 58.9 Å². The van der Waals surface area contributed by atoms with Gasteiger partial charge in [-0.1, -0.05) is 12.1 Å². The van der Waals surface area contributed by atoms with E-state index < -0.39 is 0 Å². The molecule has 1 aliphatic heterocycles. The van der Waals surface area contributed by atoms with Crippen LogP contribution >= 0.6 is 22.7 Å². The highest BCUT2D eigenvalue weighted by molar-refractivity contribution is 7.14. The van der Waals surface area contributed by atoms with Gasteiger partial charge in [-0.05, 0) is 37.3 Å². The first-order valence-corrected chi connectivity index (χ1v) is 11.8. The van der Waals surface area contributed by atoms with Gasteiger partial charge in [-0.3, -0.25) is 4.79 Å². The van der Waals surface area contributed by atoms with Gasteiger partial charge >= 0.3 is 0 Å². The van der Waals surface area contributed by atoms with Gasteiger partial charge in [0.25, 0.3) is 0 Å². The number of hydrogen-bond donors (Lipinski definition) is 1. The quantitative estimate of drug-likeness (QED) is 0.402. The zero-order chi connectivity index (χ0) is 21.9. The Labute approximate surface area is 192 Å². The number of carbonyl (C=O) groups is 1. The van der Waals surface area contributed by atoms with E-state index in [0.29, 0.717) is 23.2 Å². The van der Waals surface area contributed by atoms with E-state index in [1.54, 1.807) is 0 Å². The second kappa shape index (κ2) is 8.97. The normalized spacial score (nSPS) is 12.0. The van der Waals surface area contributed by atoms with Gasteiger partial charge in [0.1, 0.15) is 10.8 Å². The highest BCUT2D eigenvalue weighted by atomic mass is 32.1. The molecule has 4 aromatic rings. The second-order valence-electron chi connectivity index (χ2n) is 6.90. The molecule has 0 saturated heterocycles. The molecule has 2 aromatic carbocycles. The van der Waals surface area contributed by atoms with Gasteiger partial charge in [0.2, 0.25) is 12.7 Å². The third-order valence-corrected chi connectivity index (χ3v) is 6.41. The third-order valence-electron chi connectivity index (χ3n) is 4.73. The Morgan fingerprint density at radius 1 is 1.09 bits per heavy atom. The third kappa shape index (κ3) is 4.30. The fraction of sp³-hybridized carbons (Fsp3) is 0.174. The highest BCUT2D eigenvalue weighted by Gasteiger charge is 2.16. The number of anilines is 1. The number of thiazole rings is 2. The first-order valence-electron chi connectivity index (χ1n) is 10.0. The molecule has 0 atom stereocenters. The molecule has 7 nitrogen and oxygen atoms in total. The average molecular weight is 466 g/mol. The zero-order valence-corrected chi connectivity index (χ0v) is 18.8. The molecule has 1 N–H and O–H groups in total. The van der Waals surface area contributed by atoms with Gasteiger partial charge in [0.15, 0.2) is 16.6 Å². The number of carbonyl (C=O) groups excluding carboxylic acids is 1. The minimum absolute atomic E-state index is 0.161. The van der Waals surface area contributed by atoms with E-state index in [0.717, 1.165) is 33.3 Å². The molecule has 0 saturated carbocycles. The van der Waals surface area contributed by atoms with E-state index in [-0.39, 0.29) is 19.1 Å². The fourth-order valence-corrected chi connectivity index (χ4v) is 4.87. The molecule has 1 aliphatic rings. The van der Waals surface area contributed by atoms with E-state index >= 15 is 0 Å². The number of nitrogens with zero attached hydrogens (tertiary/aromatic N) is 2. The Morgan fingerprint density at radius 2 is 1.97 bits per heavy atom. The molecule has 0 fully saturated rings. The number of rotatable bonds is 7. The number of nitrogens with one attached hydrogen (secondary N) is 1. The largest absolute Gasteiger partial charge is 0.493 e. The lowest BCUT2D eigenvalue weighted by Gasteiger charge is -2.07. The maximum absolute atomic E-state index is 12.6. The molecule has 2 aromatic heterocycles. The Balaban J connectivity index is 1.25. The van der Waals surface area contributed by atoms with Gasteiger partial charge in [0.05, 0.1) is 30.0 Å². The van der Waals surface area contributed by atoms with Crippen LogP contribution in [-0.2, 0) is 11.2 Å². The molecule has 32 heavy (non-hydrogen) atoms. The maximum Gasteiger partial charge on any atom is 0.232 e. The van der Waals surface area contributed by atoms with Crippen LogP contribution in [0.4, 0.5) is 5.13 Å². The predicted octanol–water partition coefficient (Wildman–Crippen LogP) is 5.24. The maximum atomic E-state index is 12.6. The van der Waals surface area contributed by atoms with Crippen molar-refractivity contribution in [2.75, 3.05) is 18.7 Å². The van der Waals surface area contributed by atoms with Gasteiger partial charge < -0.3 is 19.5 Å².